The first-order chi connectivity index (χ1) is 13.3. The predicted molar refractivity (Wildman–Crippen MR) is 109 cm³/mol. The van der Waals surface area contributed by atoms with Gasteiger partial charge in [0.05, 0.1) is 12.1 Å². The molecule has 1 aromatic heterocycles. The van der Waals surface area contributed by atoms with Crippen molar-refractivity contribution < 1.29 is 14.7 Å². The number of carboxylic acid groups (broad SMARTS) is 1. The summed E-state index contributed by atoms with van der Waals surface area (Å²) in [5.41, 5.74) is 3.93. The van der Waals surface area contributed by atoms with Crippen LogP contribution in [0.15, 0.2) is 30.3 Å². The Hall–Kier alpha value is -2.63. The molecule has 2 N–H and O–H groups in total. The van der Waals surface area contributed by atoms with Crippen LogP contribution in [0.4, 0.5) is 0 Å². The topological polar surface area (TPSA) is 84.2 Å². The van der Waals surface area contributed by atoms with Crippen LogP contribution >= 0.6 is 0 Å². The molecule has 0 spiro atoms. The lowest BCUT2D eigenvalue weighted by atomic mass is 10.0. The lowest BCUT2D eigenvalue weighted by molar-refractivity contribution is -0.137. The number of nitrogens with zero attached hydrogens (tertiary/aromatic N) is 2. The number of aromatic nitrogens is 2. The number of aryl methyl sites for hydroxylation is 1. The van der Waals surface area contributed by atoms with E-state index in [2.05, 4.69) is 24.3 Å². The maximum Gasteiger partial charge on any atom is 0.303 e. The smallest absolute Gasteiger partial charge is 0.303 e. The van der Waals surface area contributed by atoms with E-state index >= 15 is 0 Å². The number of hydrogen-bond donors (Lipinski definition) is 2. The van der Waals surface area contributed by atoms with Crippen molar-refractivity contribution in [1.29, 1.82) is 0 Å². The fourth-order valence-electron chi connectivity index (χ4n) is 3.37. The summed E-state index contributed by atoms with van der Waals surface area (Å²) in [6, 6.07) is 9.60. The maximum atomic E-state index is 12.7. The Bertz CT molecular complexity index is 797. The quantitative estimate of drug-likeness (QED) is 0.657. The zero-order chi connectivity index (χ0) is 20.7. The summed E-state index contributed by atoms with van der Waals surface area (Å²) >= 11 is 0. The van der Waals surface area contributed by atoms with Crippen LogP contribution in [0.2, 0.25) is 0 Å². The van der Waals surface area contributed by atoms with Gasteiger partial charge in [0.2, 0.25) is 5.91 Å². The summed E-state index contributed by atoms with van der Waals surface area (Å²) in [7, 11) is 0. The highest BCUT2D eigenvalue weighted by atomic mass is 16.4. The molecule has 6 heteroatoms. The van der Waals surface area contributed by atoms with E-state index in [1.807, 2.05) is 48.9 Å². The van der Waals surface area contributed by atoms with Crippen molar-refractivity contribution in [2.75, 3.05) is 0 Å². The first-order valence-corrected chi connectivity index (χ1v) is 9.84. The van der Waals surface area contributed by atoms with Gasteiger partial charge in [-0.1, -0.05) is 44.2 Å². The normalized spacial score (nSPS) is 12.2. The Kier molecular flexibility index (Phi) is 7.79. The SMILES string of the molecule is Cc1nn(CC(C)C)c(C)c1CC(=O)NC(CCC(=O)O)Cc1ccccc1. The number of amides is 1. The Morgan fingerprint density at radius 2 is 1.86 bits per heavy atom. The van der Waals surface area contributed by atoms with Gasteiger partial charge in [0.1, 0.15) is 0 Å². The summed E-state index contributed by atoms with van der Waals surface area (Å²) in [6.07, 6.45) is 1.31. The molecule has 2 aromatic rings. The van der Waals surface area contributed by atoms with E-state index in [9.17, 15) is 9.59 Å². The Labute approximate surface area is 167 Å². The van der Waals surface area contributed by atoms with E-state index in [1.165, 1.54) is 0 Å². The minimum Gasteiger partial charge on any atom is -0.481 e. The van der Waals surface area contributed by atoms with E-state index in [0.29, 0.717) is 18.8 Å². The number of nitrogens with one attached hydrogen (secondary N) is 1. The van der Waals surface area contributed by atoms with E-state index in [4.69, 9.17) is 5.11 Å². The number of aliphatic carboxylic acids is 1. The largest absolute Gasteiger partial charge is 0.481 e. The van der Waals surface area contributed by atoms with Crippen LogP contribution in [0.25, 0.3) is 0 Å². The molecule has 0 aliphatic heterocycles. The van der Waals surface area contributed by atoms with Crippen molar-refractivity contribution in [1.82, 2.24) is 15.1 Å². The third kappa shape index (κ3) is 6.51. The number of benzene rings is 1. The second-order valence-corrected chi connectivity index (χ2v) is 7.79. The number of carbonyl (C=O) groups is 2. The molecular formula is C22H31N3O3. The molecule has 2 rings (SSSR count). The molecule has 28 heavy (non-hydrogen) atoms. The predicted octanol–water partition coefficient (Wildman–Crippen LogP) is 3.29. The zero-order valence-corrected chi connectivity index (χ0v) is 17.2. The van der Waals surface area contributed by atoms with Crippen LogP contribution in [0, 0.1) is 19.8 Å². The van der Waals surface area contributed by atoms with Crippen molar-refractivity contribution >= 4 is 11.9 Å². The summed E-state index contributed by atoms with van der Waals surface area (Å²) in [5, 5.41) is 16.6. The molecule has 0 saturated carbocycles. The monoisotopic (exact) mass is 385 g/mol. The first-order valence-electron chi connectivity index (χ1n) is 9.84. The summed E-state index contributed by atoms with van der Waals surface area (Å²) in [5.74, 6) is -0.471. The van der Waals surface area contributed by atoms with Crippen molar-refractivity contribution in [3.63, 3.8) is 0 Å². The molecule has 0 aliphatic rings. The third-order valence-corrected chi connectivity index (χ3v) is 4.80. The van der Waals surface area contributed by atoms with E-state index in [0.717, 1.165) is 29.1 Å². The summed E-state index contributed by atoms with van der Waals surface area (Å²) in [4.78, 5) is 23.7. The number of carbonyl (C=O) groups excluding carboxylic acids is 1. The van der Waals surface area contributed by atoms with Gasteiger partial charge in [0.15, 0.2) is 0 Å². The van der Waals surface area contributed by atoms with Gasteiger partial charge in [0, 0.05) is 30.3 Å². The average molecular weight is 386 g/mol. The molecule has 0 radical (unpaired) electrons. The summed E-state index contributed by atoms with van der Waals surface area (Å²) in [6.45, 7) is 9.03. The Morgan fingerprint density at radius 1 is 1.18 bits per heavy atom. The molecule has 1 atom stereocenters. The fourth-order valence-corrected chi connectivity index (χ4v) is 3.37. The molecule has 0 bridgehead atoms. The van der Waals surface area contributed by atoms with Gasteiger partial charge in [-0.05, 0) is 38.2 Å². The van der Waals surface area contributed by atoms with Crippen LogP contribution < -0.4 is 5.32 Å². The molecule has 6 nitrogen and oxygen atoms in total. The van der Waals surface area contributed by atoms with Gasteiger partial charge in [-0.2, -0.15) is 5.10 Å². The van der Waals surface area contributed by atoms with Crippen LogP contribution in [0.5, 0.6) is 0 Å². The number of carboxylic acids is 1. The molecular weight excluding hydrogens is 354 g/mol. The highest BCUT2D eigenvalue weighted by molar-refractivity contribution is 5.79. The van der Waals surface area contributed by atoms with Crippen LogP contribution in [0.3, 0.4) is 0 Å². The number of hydrogen-bond acceptors (Lipinski definition) is 3. The van der Waals surface area contributed by atoms with E-state index < -0.39 is 5.97 Å². The second-order valence-electron chi connectivity index (χ2n) is 7.79. The second kappa shape index (κ2) is 10.1. The van der Waals surface area contributed by atoms with Crippen molar-refractivity contribution in [2.24, 2.45) is 5.92 Å². The van der Waals surface area contributed by atoms with Gasteiger partial charge in [-0.15, -0.1) is 0 Å². The molecule has 0 saturated heterocycles. The highest BCUT2D eigenvalue weighted by Crippen LogP contribution is 2.16. The molecule has 152 valence electrons. The highest BCUT2D eigenvalue weighted by Gasteiger charge is 2.19. The Balaban J connectivity index is 2.06. The molecule has 1 unspecified atom stereocenters. The van der Waals surface area contributed by atoms with E-state index in [-0.39, 0.29) is 24.8 Å². The lowest BCUT2D eigenvalue weighted by Crippen LogP contribution is -2.38. The van der Waals surface area contributed by atoms with Gasteiger partial charge < -0.3 is 10.4 Å². The molecule has 1 amide bonds. The fraction of sp³-hybridized carbons (Fsp3) is 0.500. The first kappa shape index (κ1) is 21.7. The van der Waals surface area contributed by atoms with E-state index in [1.54, 1.807) is 0 Å². The third-order valence-electron chi connectivity index (χ3n) is 4.80. The van der Waals surface area contributed by atoms with Crippen molar-refractivity contribution in [2.45, 2.75) is 66.0 Å². The number of rotatable bonds is 10. The zero-order valence-electron chi connectivity index (χ0n) is 17.2. The van der Waals surface area contributed by atoms with Crippen molar-refractivity contribution in [3.05, 3.63) is 52.8 Å². The van der Waals surface area contributed by atoms with Crippen LogP contribution in [-0.2, 0) is 29.0 Å². The minimum atomic E-state index is -0.853. The summed E-state index contributed by atoms with van der Waals surface area (Å²) < 4.78 is 1.97. The lowest BCUT2D eigenvalue weighted by Gasteiger charge is -2.18. The molecule has 1 heterocycles. The minimum absolute atomic E-state index is 0.0299. The average Bonchev–Trinajstić information content (AvgIpc) is 2.87. The van der Waals surface area contributed by atoms with Crippen LogP contribution in [-0.4, -0.2) is 32.8 Å². The Morgan fingerprint density at radius 3 is 2.46 bits per heavy atom. The van der Waals surface area contributed by atoms with Gasteiger partial charge in [0.25, 0.3) is 0 Å². The van der Waals surface area contributed by atoms with Gasteiger partial charge in [-0.25, -0.2) is 0 Å². The molecule has 1 aromatic carbocycles. The maximum absolute atomic E-state index is 12.7. The molecule has 0 fully saturated rings. The van der Waals surface area contributed by atoms with Crippen molar-refractivity contribution in [3.8, 4) is 0 Å². The van der Waals surface area contributed by atoms with Crippen LogP contribution in [0.1, 0.15) is 49.2 Å². The molecule has 0 aliphatic carbocycles. The standard InChI is InChI=1S/C22H31N3O3/c1-15(2)14-25-17(4)20(16(3)24-25)13-21(26)23-19(10-11-22(27)28)12-18-8-6-5-7-9-18/h5-9,15,19H,10-14H2,1-4H3,(H,23,26)(H,27,28). The van der Waals surface area contributed by atoms with Gasteiger partial charge in [-0.3, -0.25) is 14.3 Å². The van der Waals surface area contributed by atoms with Gasteiger partial charge >= 0.3 is 5.97 Å².